The standard InChI is InChI=1S/C14H26N2O/c1-2-3-4-5-14(17)16-9-11-6-7-13(15)8-12(11)10-16/h11-13H,2-10,15H2,1H3/t11-,12+,13?/m0/s1. The molecule has 0 aromatic carbocycles. The van der Waals surface area contributed by atoms with E-state index in [-0.39, 0.29) is 0 Å². The lowest BCUT2D eigenvalue weighted by Crippen LogP contribution is -2.32. The maximum atomic E-state index is 12.0. The zero-order valence-corrected chi connectivity index (χ0v) is 11.0. The molecule has 98 valence electrons. The van der Waals surface area contributed by atoms with E-state index in [9.17, 15) is 4.79 Å². The molecule has 1 amide bonds. The van der Waals surface area contributed by atoms with Crippen molar-refractivity contribution >= 4 is 5.91 Å². The maximum absolute atomic E-state index is 12.0. The van der Waals surface area contributed by atoms with Crippen LogP contribution in [0.5, 0.6) is 0 Å². The fourth-order valence-corrected chi connectivity index (χ4v) is 3.36. The third kappa shape index (κ3) is 3.21. The summed E-state index contributed by atoms with van der Waals surface area (Å²) in [5.41, 5.74) is 6.01. The molecule has 2 N–H and O–H groups in total. The highest BCUT2D eigenvalue weighted by Gasteiger charge is 2.38. The van der Waals surface area contributed by atoms with Gasteiger partial charge in [-0.3, -0.25) is 4.79 Å². The number of hydrogen-bond acceptors (Lipinski definition) is 2. The van der Waals surface area contributed by atoms with Gasteiger partial charge in [-0.2, -0.15) is 0 Å². The average molecular weight is 238 g/mol. The normalized spacial score (nSPS) is 32.6. The Morgan fingerprint density at radius 2 is 2.00 bits per heavy atom. The number of likely N-dealkylation sites (tertiary alicyclic amines) is 1. The first-order chi connectivity index (χ1) is 8.20. The Hall–Kier alpha value is -0.570. The molecule has 3 heteroatoms. The van der Waals surface area contributed by atoms with Crippen LogP contribution in [0.3, 0.4) is 0 Å². The second-order valence-corrected chi connectivity index (χ2v) is 5.85. The lowest BCUT2D eigenvalue weighted by molar-refractivity contribution is -0.130. The molecule has 1 aliphatic heterocycles. The van der Waals surface area contributed by atoms with Crippen LogP contribution >= 0.6 is 0 Å². The van der Waals surface area contributed by atoms with E-state index in [0.717, 1.165) is 44.7 Å². The fourth-order valence-electron chi connectivity index (χ4n) is 3.36. The minimum atomic E-state index is 0.376. The first-order valence-electron chi connectivity index (χ1n) is 7.24. The number of carbonyl (C=O) groups is 1. The summed E-state index contributed by atoms with van der Waals surface area (Å²) in [7, 11) is 0. The van der Waals surface area contributed by atoms with Gasteiger partial charge in [-0.05, 0) is 37.5 Å². The summed E-state index contributed by atoms with van der Waals surface area (Å²) >= 11 is 0. The molecule has 1 aliphatic carbocycles. The molecule has 1 saturated heterocycles. The number of hydrogen-bond donors (Lipinski definition) is 1. The van der Waals surface area contributed by atoms with Crippen LogP contribution in [0.1, 0.15) is 51.9 Å². The SMILES string of the molecule is CCCCCC(=O)N1C[C@H]2CC(N)CC[C@H]2C1. The van der Waals surface area contributed by atoms with Crippen LogP contribution in [0.25, 0.3) is 0 Å². The zero-order valence-electron chi connectivity index (χ0n) is 11.0. The van der Waals surface area contributed by atoms with Crippen molar-refractivity contribution in [3.05, 3.63) is 0 Å². The number of fused-ring (bicyclic) bond motifs is 1. The van der Waals surface area contributed by atoms with Crippen molar-refractivity contribution in [1.82, 2.24) is 4.90 Å². The van der Waals surface area contributed by atoms with Gasteiger partial charge in [0.2, 0.25) is 5.91 Å². The Balaban J connectivity index is 1.78. The molecule has 17 heavy (non-hydrogen) atoms. The molecule has 3 atom stereocenters. The van der Waals surface area contributed by atoms with Crippen LogP contribution < -0.4 is 5.73 Å². The molecule has 2 aliphatic rings. The number of nitrogens with zero attached hydrogens (tertiary/aromatic N) is 1. The smallest absolute Gasteiger partial charge is 0.222 e. The third-order valence-electron chi connectivity index (χ3n) is 4.44. The van der Waals surface area contributed by atoms with Gasteiger partial charge in [0.15, 0.2) is 0 Å². The second kappa shape index (κ2) is 5.85. The highest BCUT2D eigenvalue weighted by Crippen LogP contribution is 2.35. The van der Waals surface area contributed by atoms with Crippen LogP contribution in [0, 0.1) is 11.8 Å². The number of carbonyl (C=O) groups excluding carboxylic acids is 1. The van der Waals surface area contributed by atoms with E-state index < -0.39 is 0 Å². The predicted molar refractivity (Wildman–Crippen MR) is 69.5 cm³/mol. The van der Waals surface area contributed by atoms with Crippen molar-refractivity contribution in [2.45, 2.75) is 57.9 Å². The molecule has 1 unspecified atom stereocenters. The van der Waals surface area contributed by atoms with E-state index in [1.807, 2.05) is 0 Å². The van der Waals surface area contributed by atoms with Crippen molar-refractivity contribution < 1.29 is 4.79 Å². The van der Waals surface area contributed by atoms with Crippen LogP contribution in [0.4, 0.5) is 0 Å². The summed E-state index contributed by atoms with van der Waals surface area (Å²) in [5.74, 6) is 1.81. The van der Waals surface area contributed by atoms with Crippen molar-refractivity contribution in [1.29, 1.82) is 0 Å². The Morgan fingerprint density at radius 3 is 2.76 bits per heavy atom. The zero-order chi connectivity index (χ0) is 12.3. The molecule has 1 saturated carbocycles. The van der Waals surface area contributed by atoms with E-state index in [0.29, 0.717) is 17.9 Å². The summed E-state index contributed by atoms with van der Waals surface area (Å²) in [6.45, 7) is 4.15. The second-order valence-electron chi connectivity index (χ2n) is 5.85. The van der Waals surface area contributed by atoms with Crippen LogP contribution in [0.15, 0.2) is 0 Å². The van der Waals surface area contributed by atoms with Gasteiger partial charge in [0.25, 0.3) is 0 Å². The van der Waals surface area contributed by atoms with Gasteiger partial charge in [0.1, 0.15) is 0 Å². The lowest BCUT2D eigenvalue weighted by atomic mass is 9.79. The van der Waals surface area contributed by atoms with Gasteiger partial charge in [0, 0.05) is 25.6 Å². The van der Waals surface area contributed by atoms with Gasteiger partial charge in [0.05, 0.1) is 0 Å². The lowest BCUT2D eigenvalue weighted by Gasteiger charge is -2.27. The Morgan fingerprint density at radius 1 is 1.24 bits per heavy atom. The molecular formula is C14H26N2O. The molecular weight excluding hydrogens is 212 g/mol. The van der Waals surface area contributed by atoms with Crippen LogP contribution in [-0.2, 0) is 4.79 Å². The topological polar surface area (TPSA) is 46.3 Å². The first-order valence-corrected chi connectivity index (χ1v) is 7.24. The molecule has 1 heterocycles. The minimum absolute atomic E-state index is 0.376. The summed E-state index contributed by atoms with van der Waals surface area (Å²) in [6, 6.07) is 0.381. The van der Waals surface area contributed by atoms with Gasteiger partial charge >= 0.3 is 0 Å². The fraction of sp³-hybridized carbons (Fsp3) is 0.929. The van der Waals surface area contributed by atoms with Gasteiger partial charge in [-0.1, -0.05) is 19.8 Å². The number of unbranched alkanes of at least 4 members (excludes halogenated alkanes) is 2. The van der Waals surface area contributed by atoms with Crippen LogP contribution in [-0.4, -0.2) is 29.9 Å². The van der Waals surface area contributed by atoms with Crippen molar-refractivity contribution in [2.24, 2.45) is 17.6 Å². The highest BCUT2D eigenvalue weighted by atomic mass is 16.2. The number of amides is 1. The predicted octanol–water partition coefficient (Wildman–Crippen LogP) is 2.15. The summed E-state index contributed by atoms with van der Waals surface area (Å²) in [5, 5.41) is 0. The Bertz CT molecular complexity index is 267. The highest BCUT2D eigenvalue weighted by molar-refractivity contribution is 5.76. The van der Waals surface area contributed by atoms with Gasteiger partial charge < -0.3 is 10.6 Å². The van der Waals surface area contributed by atoms with E-state index in [1.54, 1.807) is 0 Å². The molecule has 2 rings (SSSR count). The minimum Gasteiger partial charge on any atom is -0.342 e. The largest absolute Gasteiger partial charge is 0.342 e. The van der Waals surface area contributed by atoms with Crippen LogP contribution in [0.2, 0.25) is 0 Å². The monoisotopic (exact) mass is 238 g/mol. The van der Waals surface area contributed by atoms with Crippen molar-refractivity contribution in [3.63, 3.8) is 0 Å². The number of rotatable bonds is 4. The maximum Gasteiger partial charge on any atom is 0.222 e. The van der Waals surface area contributed by atoms with Gasteiger partial charge in [-0.15, -0.1) is 0 Å². The molecule has 0 aromatic rings. The first kappa shape index (κ1) is 12.9. The molecule has 0 spiro atoms. The summed E-state index contributed by atoms with van der Waals surface area (Å²) in [6.07, 6.45) is 7.68. The summed E-state index contributed by atoms with van der Waals surface area (Å²) < 4.78 is 0. The summed E-state index contributed by atoms with van der Waals surface area (Å²) in [4.78, 5) is 14.1. The van der Waals surface area contributed by atoms with Crippen molar-refractivity contribution in [3.8, 4) is 0 Å². The van der Waals surface area contributed by atoms with E-state index in [4.69, 9.17) is 5.73 Å². The van der Waals surface area contributed by atoms with E-state index >= 15 is 0 Å². The van der Waals surface area contributed by atoms with E-state index in [1.165, 1.54) is 19.3 Å². The van der Waals surface area contributed by atoms with Gasteiger partial charge in [-0.25, -0.2) is 0 Å². The van der Waals surface area contributed by atoms with E-state index in [2.05, 4.69) is 11.8 Å². The molecule has 2 fully saturated rings. The average Bonchev–Trinajstić information content (AvgIpc) is 2.72. The Kier molecular flexibility index (Phi) is 4.43. The van der Waals surface area contributed by atoms with Crippen molar-refractivity contribution in [2.75, 3.05) is 13.1 Å². The Labute approximate surface area is 105 Å². The molecule has 3 nitrogen and oxygen atoms in total. The third-order valence-corrected chi connectivity index (χ3v) is 4.44. The molecule has 0 bridgehead atoms. The molecule has 0 aromatic heterocycles. The quantitative estimate of drug-likeness (QED) is 0.763. The molecule has 0 radical (unpaired) electrons. The number of nitrogens with two attached hydrogens (primary N) is 1.